The van der Waals surface area contributed by atoms with Gasteiger partial charge in [0.15, 0.2) is 11.5 Å². The first-order chi connectivity index (χ1) is 9.19. The third-order valence-electron chi connectivity index (χ3n) is 3.78. The molecule has 1 aliphatic rings. The minimum atomic E-state index is -0.492. The van der Waals surface area contributed by atoms with Gasteiger partial charge in [0.1, 0.15) is 0 Å². The summed E-state index contributed by atoms with van der Waals surface area (Å²) in [6.07, 6.45) is 2.42. The van der Waals surface area contributed by atoms with E-state index in [9.17, 15) is 5.11 Å². The van der Waals surface area contributed by atoms with E-state index in [0.29, 0.717) is 23.2 Å². The molecule has 4 nitrogen and oxygen atoms in total. The summed E-state index contributed by atoms with van der Waals surface area (Å²) in [6.45, 7) is 4.51. The molecular formula is C15H22O4. The van der Waals surface area contributed by atoms with Crippen LogP contribution in [0.4, 0.5) is 0 Å². The van der Waals surface area contributed by atoms with E-state index in [1.807, 2.05) is 12.1 Å². The second-order valence-electron chi connectivity index (χ2n) is 4.89. The fourth-order valence-electron chi connectivity index (χ4n) is 2.42. The molecule has 1 N–H and O–H groups in total. The molecule has 4 heteroatoms. The summed E-state index contributed by atoms with van der Waals surface area (Å²) in [7, 11) is 1.59. The van der Waals surface area contributed by atoms with Crippen LogP contribution in [0.3, 0.4) is 0 Å². The lowest BCUT2D eigenvalue weighted by Crippen LogP contribution is -2.06. The Morgan fingerprint density at radius 2 is 2.00 bits per heavy atom. The van der Waals surface area contributed by atoms with E-state index in [1.54, 1.807) is 7.11 Å². The Bertz CT molecular complexity index is 426. The highest BCUT2D eigenvalue weighted by atomic mass is 16.7. The smallest absolute Gasteiger partial charge is 0.231 e. The van der Waals surface area contributed by atoms with Crippen molar-refractivity contribution in [3.8, 4) is 17.2 Å². The molecule has 0 aromatic heterocycles. The van der Waals surface area contributed by atoms with Crippen LogP contribution in [0.25, 0.3) is 0 Å². The van der Waals surface area contributed by atoms with E-state index in [0.717, 1.165) is 24.8 Å². The molecule has 0 spiro atoms. The van der Waals surface area contributed by atoms with Gasteiger partial charge in [0.2, 0.25) is 12.5 Å². The van der Waals surface area contributed by atoms with Gasteiger partial charge in [-0.3, -0.25) is 0 Å². The summed E-state index contributed by atoms with van der Waals surface area (Å²) in [5.41, 5.74) is 0.827. The third kappa shape index (κ3) is 2.95. The molecule has 0 bridgehead atoms. The molecule has 0 saturated carbocycles. The van der Waals surface area contributed by atoms with Crippen molar-refractivity contribution in [1.82, 2.24) is 0 Å². The number of benzene rings is 1. The Kier molecular flexibility index (Phi) is 4.53. The van der Waals surface area contributed by atoms with Crippen LogP contribution in [-0.4, -0.2) is 19.0 Å². The van der Waals surface area contributed by atoms with Crippen molar-refractivity contribution in [2.75, 3.05) is 13.9 Å². The molecule has 19 heavy (non-hydrogen) atoms. The second-order valence-corrected chi connectivity index (χ2v) is 4.89. The minimum absolute atomic E-state index is 0.206. The number of methoxy groups -OCH3 is 1. The zero-order valence-electron chi connectivity index (χ0n) is 11.8. The number of hydrogen-bond acceptors (Lipinski definition) is 4. The molecule has 106 valence electrons. The van der Waals surface area contributed by atoms with Crippen LogP contribution in [0.5, 0.6) is 17.2 Å². The maximum Gasteiger partial charge on any atom is 0.231 e. The summed E-state index contributed by atoms with van der Waals surface area (Å²) >= 11 is 0. The topological polar surface area (TPSA) is 47.9 Å². The molecule has 0 aliphatic carbocycles. The molecule has 1 atom stereocenters. The lowest BCUT2D eigenvalue weighted by atomic mass is 9.92. The molecule has 0 radical (unpaired) electrons. The van der Waals surface area contributed by atoms with E-state index in [-0.39, 0.29) is 6.79 Å². The Balaban J connectivity index is 2.20. The van der Waals surface area contributed by atoms with E-state index >= 15 is 0 Å². The van der Waals surface area contributed by atoms with Crippen LogP contribution in [0, 0.1) is 5.92 Å². The summed E-state index contributed by atoms with van der Waals surface area (Å²) in [5, 5.41) is 10.4. The molecule has 1 heterocycles. The van der Waals surface area contributed by atoms with Crippen LogP contribution >= 0.6 is 0 Å². The van der Waals surface area contributed by atoms with Gasteiger partial charge in [0.25, 0.3) is 0 Å². The van der Waals surface area contributed by atoms with Gasteiger partial charge in [-0.05, 0) is 30.0 Å². The van der Waals surface area contributed by atoms with Gasteiger partial charge in [0, 0.05) is 0 Å². The SMILES string of the molecule is CCC(CC)CC(O)c1cc(OC)c2c(c1)OCO2. The highest BCUT2D eigenvalue weighted by molar-refractivity contribution is 5.55. The van der Waals surface area contributed by atoms with E-state index in [4.69, 9.17) is 14.2 Å². The number of fused-ring (bicyclic) bond motifs is 1. The predicted molar refractivity (Wildman–Crippen MR) is 72.8 cm³/mol. The van der Waals surface area contributed by atoms with Crippen LogP contribution < -0.4 is 14.2 Å². The highest BCUT2D eigenvalue weighted by Crippen LogP contribution is 2.43. The van der Waals surface area contributed by atoms with E-state index in [2.05, 4.69) is 13.8 Å². The molecule has 1 unspecified atom stereocenters. The highest BCUT2D eigenvalue weighted by Gasteiger charge is 2.23. The van der Waals surface area contributed by atoms with E-state index in [1.165, 1.54) is 0 Å². The lowest BCUT2D eigenvalue weighted by molar-refractivity contribution is 0.140. The van der Waals surface area contributed by atoms with Crippen molar-refractivity contribution in [3.63, 3.8) is 0 Å². The Hall–Kier alpha value is -1.42. The molecule has 0 amide bonds. The van der Waals surface area contributed by atoms with Gasteiger partial charge in [-0.2, -0.15) is 0 Å². The molecule has 1 aromatic rings. The summed E-state index contributed by atoms with van der Waals surface area (Å²) in [4.78, 5) is 0. The van der Waals surface area contributed by atoms with E-state index < -0.39 is 6.10 Å². The summed E-state index contributed by atoms with van der Waals surface area (Å²) in [6, 6.07) is 3.68. The third-order valence-corrected chi connectivity index (χ3v) is 3.78. The maximum absolute atomic E-state index is 10.4. The zero-order chi connectivity index (χ0) is 13.8. The molecule has 0 saturated heterocycles. The first kappa shape index (κ1) is 14.0. The van der Waals surface area contributed by atoms with Gasteiger partial charge < -0.3 is 19.3 Å². The largest absolute Gasteiger partial charge is 0.493 e. The van der Waals surface area contributed by atoms with Crippen molar-refractivity contribution in [1.29, 1.82) is 0 Å². The Labute approximate surface area is 114 Å². The van der Waals surface area contributed by atoms with Crippen LogP contribution in [0.2, 0.25) is 0 Å². The quantitative estimate of drug-likeness (QED) is 0.858. The molecule has 1 aromatic carbocycles. The van der Waals surface area contributed by atoms with Gasteiger partial charge in [-0.15, -0.1) is 0 Å². The first-order valence-electron chi connectivity index (χ1n) is 6.85. The first-order valence-corrected chi connectivity index (χ1v) is 6.85. The number of aliphatic hydroxyl groups excluding tert-OH is 1. The molecule has 2 rings (SSSR count). The Morgan fingerprint density at radius 3 is 2.63 bits per heavy atom. The maximum atomic E-state index is 10.4. The van der Waals surface area contributed by atoms with Gasteiger partial charge in [-0.1, -0.05) is 26.7 Å². The van der Waals surface area contributed by atoms with Gasteiger partial charge in [-0.25, -0.2) is 0 Å². The molecular weight excluding hydrogens is 244 g/mol. The standard InChI is InChI=1S/C15H22O4/c1-4-10(5-2)6-12(16)11-7-13(17-3)15-14(8-11)18-9-19-15/h7-8,10,12,16H,4-6,9H2,1-3H3. The average molecular weight is 266 g/mol. The van der Waals surface area contributed by atoms with Crippen LogP contribution in [0.15, 0.2) is 12.1 Å². The van der Waals surface area contributed by atoms with Crippen LogP contribution in [0.1, 0.15) is 44.8 Å². The summed E-state index contributed by atoms with van der Waals surface area (Å²) < 4.78 is 16.0. The van der Waals surface area contributed by atoms with Crippen molar-refractivity contribution >= 4 is 0 Å². The molecule has 0 fully saturated rings. The lowest BCUT2D eigenvalue weighted by Gasteiger charge is -2.18. The fraction of sp³-hybridized carbons (Fsp3) is 0.600. The second kappa shape index (κ2) is 6.15. The van der Waals surface area contributed by atoms with Crippen molar-refractivity contribution in [3.05, 3.63) is 17.7 Å². The number of hydrogen-bond donors (Lipinski definition) is 1. The normalized spacial score (nSPS) is 14.8. The van der Waals surface area contributed by atoms with Gasteiger partial charge in [0.05, 0.1) is 13.2 Å². The summed E-state index contributed by atoms with van der Waals surface area (Å²) in [5.74, 6) is 2.43. The van der Waals surface area contributed by atoms with Crippen molar-refractivity contribution in [2.45, 2.75) is 39.2 Å². The van der Waals surface area contributed by atoms with Gasteiger partial charge >= 0.3 is 0 Å². The Morgan fingerprint density at radius 1 is 1.26 bits per heavy atom. The predicted octanol–water partition coefficient (Wildman–Crippen LogP) is 3.28. The van der Waals surface area contributed by atoms with Crippen molar-refractivity contribution < 1.29 is 19.3 Å². The monoisotopic (exact) mass is 266 g/mol. The zero-order valence-corrected chi connectivity index (χ0v) is 11.8. The average Bonchev–Trinajstić information content (AvgIpc) is 2.91. The van der Waals surface area contributed by atoms with Crippen LogP contribution in [-0.2, 0) is 0 Å². The number of rotatable bonds is 6. The number of aliphatic hydroxyl groups is 1. The number of ether oxygens (including phenoxy) is 3. The van der Waals surface area contributed by atoms with Crippen molar-refractivity contribution in [2.24, 2.45) is 5.92 Å². The molecule has 1 aliphatic heterocycles. The minimum Gasteiger partial charge on any atom is -0.493 e. The fourth-order valence-corrected chi connectivity index (χ4v) is 2.42.